The molecule has 0 aromatic heterocycles. The van der Waals surface area contributed by atoms with Crippen molar-refractivity contribution in [1.82, 2.24) is 9.80 Å². The molecule has 0 saturated carbocycles. The predicted molar refractivity (Wildman–Crippen MR) is 67.0 cm³/mol. The molecule has 17 heavy (non-hydrogen) atoms. The molecular weight excluding hydrogens is 216 g/mol. The fourth-order valence-corrected chi connectivity index (χ4v) is 2.97. The SMILES string of the molecule is CCOC(=O)N1CCC2(CCN(C)CC2)CC1. The standard InChI is InChI=1S/C13H24N2O2/c1-3-17-12(16)15-10-6-13(7-11-15)4-8-14(2)9-5-13/h3-11H2,1-2H3. The number of piperidine rings is 2. The highest BCUT2D eigenvalue weighted by Gasteiger charge is 2.38. The number of amides is 1. The molecule has 98 valence electrons. The maximum atomic E-state index is 11.6. The second-order valence-electron chi connectivity index (χ2n) is 5.49. The highest BCUT2D eigenvalue weighted by Crippen LogP contribution is 2.40. The van der Waals surface area contributed by atoms with Gasteiger partial charge in [0.2, 0.25) is 0 Å². The number of rotatable bonds is 1. The summed E-state index contributed by atoms with van der Waals surface area (Å²) in [5.74, 6) is 0. The van der Waals surface area contributed by atoms with Gasteiger partial charge >= 0.3 is 6.09 Å². The van der Waals surface area contributed by atoms with Crippen molar-refractivity contribution in [2.75, 3.05) is 39.8 Å². The van der Waals surface area contributed by atoms with E-state index in [2.05, 4.69) is 11.9 Å². The van der Waals surface area contributed by atoms with E-state index in [1.165, 1.54) is 25.9 Å². The van der Waals surface area contributed by atoms with E-state index in [4.69, 9.17) is 4.74 Å². The molecule has 2 heterocycles. The first-order valence-corrected chi connectivity index (χ1v) is 6.75. The van der Waals surface area contributed by atoms with Gasteiger partial charge in [0.25, 0.3) is 0 Å². The Kier molecular flexibility index (Phi) is 3.92. The molecule has 2 saturated heterocycles. The van der Waals surface area contributed by atoms with Crippen molar-refractivity contribution in [2.24, 2.45) is 5.41 Å². The average molecular weight is 240 g/mol. The number of likely N-dealkylation sites (tertiary alicyclic amines) is 2. The maximum absolute atomic E-state index is 11.6. The molecular formula is C13H24N2O2. The van der Waals surface area contributed by atoms with Crippen molar-refractivity contribution >= 4 is 6.09 Å². The van der Waals surface area contributed by atoms with E-state index in [1.807, 2.05) is 11.8 Å². The summed E-state index contributed by atoms with van der Waals surface area (Å²) in [4.78, 5) is 15.9. The highest BCUT2D eigenvalue weighted by atomic mass is 16.6. The Hall–Kier alpha value is -0.770. The molecule has 2 aliphatic rings. The zero-order valence-corrected chi connectivity index (χ0v) is 11.1. The van der Waals surface area contributed by atoms with E-state index in [0.717, 1.165) is 25.9 Å². The van der Waals surface area contributed by atoms with Crippen LogP contribution in [0, 0.1) is 5.41 Å². The van der Waals surface area contributed by atoms with Crippen LogP contribution in [0.4, 0.5) is 4.79 Å². The molecule has 1 amide bonds. The van der Waals surface area contributed by atoms with Gasteiger partial charge in [-0.2, -0.15) is 0 Å². The third-order valence-corrected chi connectivity index (χ3v) is 4.40. The van der Waals surface area contributed by atoms with Crippen LogP contribution in [0.5, 0.6) is 0 Å². The van der Waals surface area contributed by atoms with E-state index < -0.39 is 0 Å². The van der Waals surface area contributed by atoms with Crippen LogP contribution in [0.3, 0.4) is 0 Å². The molecule has 0 aromatic carbocycles. The molecule has 0 aliphatic carbocycles. The minimum atomic E-state index is -0.129. The second-order valence-corrected chi connectivity index (χ2v) is 5.49. The van der Waals surface area contributed by atoms with Gasteiger partial charge < -0.3 is 14.5 Å². The van der Waals surface area contributed by atoms with Crippen molar-refractivity contribution in [3.63, 3.8) is 0 Å². The zero-order chi connectivity index (χ0) is 12.3. The van der Waals surface area contributed by atoms with Crippen molar-refractivity contribution in [3.8, 4) is 0 Å². The lowest BCUT2D eigenvalue weighted by atomic mass is 9.71. The first-order chi connectivity index (χ1) is 8.15. The highest BCUT2D eigenvalue weighted by molar-refractivity contribution is 5.67. The van der Waals surface area contributed by atoms with Crippen molar-refractivity contribution < 1.29 is 9.53 Å². The van der Waals surface area contributed by atoms with Gasteiger partial charge in [0.05, 0.1) is 6.61 Å². The molecule has 0 bridgehead atoms. The van der Waals surface area contributed by atoms with Gasteiger partial charge in [0.1, 0.15) is 0 Å². The van der Waals surface area contributed by atoms with E-state index in [-0.39, 0.29) is 6.09 Å². The van der Waals surface area contributed by atoms with Crippen LogP contribution >= 0.6 is 0 Å². The van der Waals surface area contributed by atoms with Crippen LogP contribution in [-0.2, 0) is 4.74 Å². The molecule has 0 N–H and O–H groups in total. The Morgan fingerprint density at radius 3 is 2.18 bits per heavy atom. The first-order valence-electron chi connectivity index (χ1n) is 6.75. The summed E-state index contributed by atoms with van der Waals surface area (Å²) in [7, 11) is 2.20. The molecule has 4 nitrogen and oxygen atoms in total. The van der Waals surface area contributed by atoms with Crippen LogP contribution < -0.4 is 0 Å². The number of nitrogens with zero attached hydrogens (tertiary/aromatic N) is 2. The number of hydrogen-bond donors (Lipinski definition) is 0. The molecule has 2 rings (SSSR count). The van der Waals surface area contributed by atoms with Crippen LogP contribution in [0.2, 0.25) is 0 Å². The van der Waals surface area contributed by atoms with Gasteiger partial charge in [0.15, 0.2) is 0 Å². The van der Waals surface area contributed by atoms with Gasteiger partial charge in [-0.05, 0) is 58.2 Å². The Morgan fingerprint density at radius 2 is 1.65 bits per heavy atom. The molecule has 0 aromatic rings. The summed E-state index contributed by atoms with van der Waals surface area (Å²) >= 11 is 0. The van der Waals surface area contributed by atoms with Crippen molar-refractivity contribution in [3.05, 3.63) is 0 Å². The predicted octanol–water partition coefficient (Wildman–Crippen LogP) is 1.95. The van der Waals surface area contributed by atoms with Gasteiger partial charge in [-0.25, -0.2) is 4.79 Å². The molecule has 0 unspecified atom stereocenters. The summed E-state index contributed by atoms with van der Waals surface area (Å²) in [6.07, 6.45) is 4.76. The smallest absolute Gasteiger partial charge is 0.409 e. The third kappa shape index (κ3) is 2.92. The molecule has 2 fully saturated rings. The summed E-state index contributed by atoms with van der Waals surface area (Å²) in [6.45, 7) is 6.51. The average Bonchev–Trinajstić information content (AvgIpc) is 2.35. The van der Waals surface area contributed by atoms with Crippen molar-refractivity contribution in [1.29, 1.82) is 0 Å². The maximum Gasteiger partial charge on any atom is 0.409 e. The molecule has 2 aliphatic heterocycles. The van der Waals surface area contributed by atoms with Crippen LogP contribution in [-0.4, -0.2) is 55.7 Å². The van der Waals surface area contributed by atoms with Crippen LogP contribution in [0.1, 0.15) is 32.6 Å². The van der Waals surface area contributed by atoms with E-state index in [0.29, 0.717) is 12.0 Å². The Balaban J connectivity index is 1.83. The monoisotopic (exact) mass is 240 g/mol. The molecule has 0 radical (unpaired) electrons. The largest absolute Gasteiger partial charge is 0.450 e. The van der Waals surface area contributed by atoms with E-state index >= 15 is 0 Å². The second kappa shape index (κ2) is 5.25. The van der Waals surface area contributed by atoms with Gasteiger partial charge in [0, 0.05) is 13.1 Å². The first kappa shape index (κ1) is 12.7. The molecule has 4 heteroatoms. The van der Waals surface area contributed by atoms with Gasteiger partial charge in [-0.15, -0.1) is 0 Å². The Labute approximate surface area is 104 Å². The number of ether oxygens (including phenoxy) is 1. The summed E-state index contributed by atoms with van der Waals surface area (Å²) in [5.41, 5.74) is 0.509. The Bertz CT molecular complexity index is 263. The zero-order valence-electron chi connectivity index (χ0n) is 11.1. The minimum Gasteiger partial charge on any atom is -0.450 e. The summed E-state index contributed by atoms with van der Waals surface area (Å²) < 4.78 is 5.05. The number of hydrogen-bond acceptors (Lipinski definition) is 3. The lowest BCUT2D eigenvalue weighted by Crippen LogP contribution is -2.47. The summed E-state index contributed by atoms with van der Waals surface area (Å²) in [5, 5.41) is 0. The summed E-state index contributed by atoms with van der Waals surface area (Å²) in [6, 6.07) is 0. The topological polar surface area (TPSA) is 32.8 Å². The number of carbonyl (C=O) groups excluding carboxylic acids is 1. The minimum absolute atomic E-state index is 0.129. The molecule has 1 spiro atoms. The van der Waals surface area contributed by atoms with Crippen molar-refractivity contribution in [2.45, 2.75) is 32.6 Å². The number of carbonyl (C=O) groups is 1. The van der Waals surface area contributed by atoms with Crippen LogP contribution in [0.25, 0.3) is 0 Å². The lowest BCUT2D eigenvalue weighted by Gasteiger charge is -2.45. The lowest BCUT2D eigenvalue weighted by molar-refractivity contribution is 0.0347. The molecule has 0 atom stereocenters. The van der Waals surface area contributed by atoms with E-state index in [1.54, 1.807) is 0 Å². The normalized spacial score (nSPS) is 24.9. The fraction of sp³-hybridized carbons (Fsp3) is 0.923. The van der Waals surface area contributed by atoms with Crippen LogP contribution in [0.15, 0.2) is 0 Å². The Morgan fingerprint density at radius 1 is 1.12 bits per heavy atom. The van der Waals surface area contributed by atoms with E-state index in [9.17, 15) is 4.79 Å². The van der Waals surface area contributed by atoms with Gasteiger partial charge in [-0.3, -0.25) is 0 Å². The van der Waals surface area contributed by atoms with Gasteiger partial charge in [-0.1, -0.05) is 0 Å². The third-order valence-electron chi connectivity index (χ3n) is 4.40. The fourth-order valence-electron chi connectivity index (χ4n) is 2.97. The quantitative estimate of drug-likeness (QED) is 0.702.